The van der Waals surface area contributed by atoms with Crippen LogP contribution in [0.15, 0.2) is 39.3 Å². The fourth-order valence-corrected chi connectivity index (χ4v) is 2.49. The molecule has 0 saturated heterocycles. The Morgan fingerprint density at radius 3 is 2.29 bits per heavy atom. The first-order valence-electron chi connectivity index (χ1n) is 5.75. The smallest absolute Gasteiger partial charge is 0.257 e. The number of benzene rings is 2. The summed E-state index contributed by atoms with van der Waals surface area (Å²) in [6.45, 7) is -0.0634. The van der Waals surface area contributed by atoms with E-state index in [1.54, 1.807) is 0 Å². The largest absolute Gasteiger partial charge is 0.348 e. The van der Waals surface area contributed by atoms with Gasteiger partial charge in [0, 0.05) is 15.5 Å². The summed E-state index contributed by atoms with van der Waals surface area (Å²) in [5.41, 5.74) is -0.216. The predicted molar refractivity (Wildman–Crippen MR) is 79.3 cm³/mol. The van der Waals surface area contributed by atoms with Crippen LogP contribution in [-0.2, 0) is 6.54 Å². The van der Waals surface area contributed by atoms with E-state index >= 15 is 0 Å². The van der Waals surface area contributed by atoms with Crippen molar-refractivity contribution in [1.82, 2.24) is 5.32 Å². The van der Waals surface area contributed by atoms with Gasteiger partial charge in [-0.2, -0.15) is 0 Å². The Hall–Kier alpha value is -1.34. The predicted octanol–water partition coefficient (Wildman–Crippen LogP) is 4.56. The van der Waals surface area contributed by atoms with E-state index in [1.807, 2.05) is 0 Å². The number of nitrogens with one attached hydrogen (secondary N) is 1. The fraction of sp³-hybridized carbons (Fsp3) is 0.0714. The molecule has 1 amide bonds. The molecule has 1 N–H and O–H groups in total. The zero-order valence-corrected chi connectivity index (χ0v) is 13.6. The molecule has 0 aromatic heterocycles. The minimum Gasteiger partial charge on any atom is -0.348 e. The molecule has 0 radical (unpaired) electrons. The van der Waals surface area contributed by atoms with E-state index in [4.69, 9.17) is 0 Å². The zero-order chi connectivity index (χ0) is 15.6. The molecule has 2 aromatic rings. The standard InChI is InChI=1S/C14H8Br2F3NO/c15-8-4-11(18)13(12(19)5-8)14(21)20-6-7-3-9(17)1-2-10(7)16/h1-5H,6H2,(H,20,21). The van der Waals surface area contributed by atoms with Crippen molar-refractivity contribution in [2.24, 2.45) is 0 Å². The molecule has 7 heteroatoms. The monoisotopic (exact) mass is 421 g/mol. The number of carbonyl (C=O) groups excluding carboxylic acids is 1. The Labute approximate surface area is 135 Å². The molecule has 2 rings (SSSR count). The summed E-state index contributed by atoms with van der Waals surface area (Å²) < 4.78 is 41.2. The minimum atomic E-state index is -0.974. The minimum absolute atomic E-state index is 0.0634. The number of rotatable bonds is 3. The van der Waals surface area contributed by atoms with Gasteiger partial charge in [0.25, 0.3) is 5.91 Å². The highest BCUT2D eigenvalue weighted by Gasteiger charge is 2.18. The van der Waals surface area contributed by atoms with Gasteiger partial charge in [0.1, 0.15) is 23.0 Å². The molecule has 0 unspecified atom stereocenters. The molecule has 0 aliphatic heterocycles. The fourth-order valence-electron chi connectivity index (χ4n) is 1.70. The van der Waals surface area contributed by atoms with Gasteiger partial charge >= 0.3 is 0 Å². The normalized spacial score (nSPS) is 10.5. The first kappa shape index (κ1) is 16.0. The molecule has 0 aliphatic carbocycles. The van der Waals surface area contributed by atoms with E-state index in [0.717, 1.165) is 12.1 Å². The van der Waals surface area contributed by atoms with Crippen LogP contribution in [0, 0.1) is 17.5 Å². The van der Waals surface area contributed by atoms with E-state index in [-0.39, 0.29) is 11.0 Å². The van der Waals surface area contributed by atoms with Crippen LogP contribution in [0.3, 0.4) is 0 Å². The van der Waals surface area contributed by atoms with Crippen molar-refractivity contribution in [3.05, 3.63) is 67.9 Å². The summed E-state index contributed by atoms with van der Waals surface area (Å²) in [7, 11) is 0. The quantitative estimate of drug-likeness (QED) is 0.771. The Bertz CT molecular complexity index is 684. The van der Waals surface area contributed by atoms with Crippen LogP contribution < -0.4 is 5.32 Å². The first-order valence-corrected chi connectivity index (χ1v) is 7.33. The second-order valence-electron chi connectivity index (χ2n) is 4.16. The van der Waals surface area contributed by atoms with Crippen molar-refractivity contribution < 1.29 is 18.0 Å². The number of amides is 1. The lowest BCUT2D eigenvalue weighted by molar-refractivity contribution is 0.0942. The van der Waals surface area contributed by atoms with Crippen molar-refractivity contribution in [3.63, 3.8) is 0 Å². The van der Waals surface area contributed by atoms with Gasteiger partial charge in [-0.25, -0.2) is 13.2 Å². The number of carbonyl (C=O) groups is 1. The van der Waals surface area contributed by atoms with Crippen molar-refractivity contribution in [3.8, 4) is 0 Å². The number of hydrogen-bond donors (Lipinski definition) is 1. The van der Waals surface area contributed by atoms with Crippen molar-refractivity contribution >= 4 is 37.8 Å². The summed E-state index contributed by atoms with van der Waals surface area (Å²) >= 11 is 6.13. The molecule has 21 heavy (non-hydrogen) atoms. The summed E-state index contributed by atoms with van der Waals surface area (Å²) in [5, 5.41) is 2.35. The lowest BCUT2D eigenvalue weighted by Crippen LogP contribution is -2.25. The average Bonchev–Trinajstić information content (AvgIpc) is 2.38. The third-order valence-electron chi connectivity index (χ3n) is 2.68. The second kappa shape index (κ2) is 6.62. The van der Waals surface area contributed by atoms with Gasteiger partial charge in [0.2, 0.25) is 0 Å². The Morgan fingerprint density at radius 2 is 1.67 bits per heavy atom. The zero-order valence-electron chi connectivity index (χ0n) is 10.4. The molecular formula is C14H8Br2F3NO. The molecule has 0 atom stereocenters. The van der Waals surface area contributed by atoms with E-state index in [1.165, 1.54) is 18.2 Å². The van der Waals surface area contributed by atoms with Gasteiger partial charge in [0.05, 0.1) is 0 Å². The average molecular weight is 423 g/mol. The highest BCUT2D eigenvalue weighted by Crippen LogP contribution is 2.20. The lowest BCUT2D eigenvalue weighted by atomic mass is 10.1. The van der Waals surface area contributed by atoms with Gasteiger partial charge in [-0.15, -0.1) is 0 Å². The van der Waals surface area contributed by atoms with Gasteiger partial charge in [-0.1, -0.05) is 31.9 Å². The molecule has 0 aliphatic rings. The summed E-state index contributed by atoms with van der Waals surface area (Å²) in [4.78, 5) is 11.9. The van der Waals surface area contributed by atoms with Crippen molar-refractivity contribution in [1.29, 1.82) is 0 Å². The third-order valence-corrected chi connectivity index (χ3v) is 3.91. The molecule has 0 heterocycles. The van der Waals surface area contributed by atoms with E-state index in [2.05, 4.69) is 37.2 Å². The summed E-state index contributed by atoms with van der Waals surface area (Å²) in [5.74, 6) is -3.33. The number of hydrogen-bond acceptors (Lipinski definition) is 1. The molecule has 0 bridgehead atoms. The second-order valence-corrected chi connectivity index (χ2v) is 5.93. The molecule has 0 saturated carbocycles. The van der Waals surface area contributed by atoms with Crippen LogP contribution in [0.25, 0.3) is 0 Å². The van der Waals surface area contributed by atoms with Crippen molar-refractivity contribution in [2.75, 3.05) is 0 Å². The maximum absolute atomic E-state index is 13.6. The Kier molecular flexibility index (Phi) is 5.05. The highest BCUT2D eigenvalue weighted by atomic mass is 79.9. The van der Waals surface area contributed by atoms with Gasteiger partial charge in [-0.05, 0) is 35.9 Å². The van der Waals surface area contributed by atoms with E-state index in [9.17, 15) is 18.0 Å². The van der Waals surface area contributed by atoms with Crippen LogP contribution in [0.5, 0.6) is 0 Å². The highest BCUT2D eigenvalue weighted by molar-refractivity contribution is 9.10. The summed E-state index contributed by atoms with van der Waals surface area (Å²) in [6.07, 6.45) is 0. The molecule has 110 valence electrons. The van der Waals surface area contributed by atoms with Crippen LogP contribution >= 0.6 is 31.9 Å². The maximum atomic E-state index is 13.6. The molecular weight excluding hydrogens is 415 g/mol. The van der Waals surface area contributed by atoms with E-state index < -0.39 is 28.9 Å². The van der Waals surface area contributed by atoms with Gasteiger partial charge < -0.3 is 5.32 Å². The molecule has 2 aromatic carbocycles. The Morgan fingerprint density at radius 1 is 1.05 bits per heavy atom. The summed E-state index contributed by atoms with van der Waals surface area (Å²) in [6, 6.07) is 5.95. The topological polar surface area (TPSA) is 29.1 Å². The SMILES string of the molecule is O=C(NCc1cc(F)ccc1Br)c1c(F)cc(Br)cc1F. The van der Waals surface area contributed by atoms with Crippen molar-refractivity contribution in [2.45, 2.75) is 6.54 Å². The van der Waals surface area contributed by atoms with Gasteiger partial charge in [-0.3, -0.25) is 4.79 Å². The molecule has 2 nitrogen and oxygen atoms in total. The third kappa shape index (κ3) is 3.85. The van der Waals surface area contributed by atoms with Crippen LogP contribution in [-0.4, -0.2) is 5.91 Å². The van der Waals surface area contributed by atoms with Gasteiger partial charge in [0.15, 0.2) is 0 Å². The molecule has 0 spiro atoms. The van der Waals surface area contributed by atoms with Crippen LogP contribution in [0.2, 0.25) is 0 Å². The number of halogens is 5. The first-order chi connectivity index (χ1) is 9.88. The maximum Gasteiger partial charge on any atom is 0.257 e. The lowest BCUT2D eigenvalue weighted by Gasteiger charge is -2.09. The van der Waals surface area contributed by atoms with E-state index in [0.29, 0.717) is 10.0 Å². The van der Waals surface area contributed by atoms with Crippen LogP contribution in [0.1, 0.15) is 15.9 Å². The van der Waals surface area contributed by atoms with Crippen LogP contribution in [0.4, 0.5) is 13.2 Å². The Balaban J connectivity index is 2.18. The molecule has 0 fully saturated rings.